The molecule has 0 aliphatic carbocycles. The third kappa shape index (κ3) is 4.14. The molecule has 0 unspecified atom stereocenters. The molecule has 9 nitrogen and oxygen atoms in total. The van der Waals surface area contributed by atoms with Gasteiger partial charge in [-0.25, -0.2) is 9.53 Å². The lowest BCUT2D eigenvalue weighted by molar-refractivity contribution is -0.137. The molecule has 1 aliphatic heterocycles. The Balaban J connectivity index is 1.59. The van der Waals surface area contributed by atoms with Crippen LogP contribution in [0.2, 0.25) is 0 Å². The summed E-state index contributed by atoms with van der Waals surface area (Å²) in [7, 11) is 0. The molecule has 3 aromatic rings. The van der Waals surface area contributed by atoms with Crippen LogP contribution >= 0.6 is 11.8 Å². The molecule has 1 aliphatic rings. The van der Waals surface area contributed by atoms with Crippen LogP contribution < -0.4 is 10.2 Å². The number of aromatic nitrogens is 2. The fourth-order valence-corrected chi connectivity index (χ4v) is 3.64. The van der Waals surface area contributed by atoms with E-state index in [0.29, 0.717) is 0 Å². The first-order valence-corrected chi connectivity index (χ1v) is 9.65. The van der Waals surface area contributed by atoms with E-state index in [1.54, 1.807) is 0 Å². The number of amides is 2. The molecule has 2 amide bonds. The molecule has 0 atom stereocenters. The molecule has 2 N–H and O–H groups in total. The van der Waals surface area contributed by atoms with E-state index >= 15 is 0 Å². The van der Waals surface area contributed by atoms with Crippen molar-refractivity contribution in [1.82, 2.24) is 10.3 Å². The summed E-state index contributed by atoms with van der Waals surface area (Å²) in [6, 6.07) is 7.63. The largest absolute Gasteiger partial charge is 0.457 e. The maximum atomic E-state index is 12.9. The van der Waals surface area contributed by atoms with Crippen LogP contribution in [0.3, 0.4) is 0 Å². The highest BCUT2D eigenvalue weighted by Gasteiger charge is 2.38. The molecular weight excluding hydrogens is 451 g/mol. The van der Waals surface area contributed by atoms with Crippen molar-refractivity contribution >= 4 is 46.5 Å². The van der Waals surface area contributed by atoms with Gasteiger partial charge in [-0.05, 0) is 46.3 Å². The quantitative estimate of drug-likeness (QED) is 0.551. The van der Waals surface area contributed by atoms with Gasteiger partial charge in [-0.3, -0.25) is 15.0 Å². The summed E-state index contributed by atoms with van der Waals surface area (Å²) in [4.78, 5) is 25.1. The third-order valence-electron chi connectivity index (χ3n) is 4.18. The molecule has 1 aromatic carbocycles. The van der Waals surface area contributed by atoms with Crippen LogP contribution in [0.5, 0.6) is 0 Å². The Morgan fingerprint density at radius 1 is 1.25 bits per heavy atom. The van der Waals surface area contributed by atoms with E-state index < -0.39 is 23.6 Å². The number of furan rings is 1. The molecule has 0 saturated carbocycles. The Labute approximate surface area is 181 Å². The van der Waals surface area contributed by atoms with Crippen molar-refractivity contribution in [2.75, 3.05) is 10.2 Å². The number of benzene rings is 1. The van der Waals surface area contributed by atoms with Crippen LogP contribution in [-0.4, -0.2) is 27.3 Å². The molecule has 164 valence electrons. The van der Waals surface area contributed by atoms with Crippen molar-refractivity contribution in [2.45, 2.75) is 13.1 Å². The van der Waals surface area contributed by atoms with Gasteiger partial charge in [0, 0.05) is 18.6 Å². The summed E-state index contributed by atoms with van der Waals surface area (Å²) in [5.74, 6) is -1.01. The van der Waals surface area contributed by atoms with Gasteiger partial charge in [0.05, 0.1) is 10.5 Å². The van der Waals surface area contributed by atoms with Crippen molar-refractivity contribution in [1.29, 1.82) is 5.41 Å². The minimum absolute atomic E-state index is 0.0942. The molecule has 3 heterocycles. The van der Waals surface area contributed by atoms with E-state index in [0.717, 1.165) is 28.8 Å². The van der Waals surface area contributed by atoms with Crippen molar-refractivity contribution in [3.05, 3.63) is 52.6 Å². The number of halogens is 3. The van der Waals surface area contributed by atoms with Gasteiger partial charge < -0.3 is 9.73 Å². The first kappa shape index (κ1) is 21.4. The van der Waals surface area contributed by atoms with Gasteiger partial charge in [0.25, 0.3) is 5.91 Å². The molecule has 0 radical (unpaired) electrons. The Morgan fingerprint density at radius 2 is 2.03 bits per heavy atom. The summed E-state index contributed by atoms with van der Waals surface area (Å²) >= 11 is 0.803. The zero-order valence-electron chi connectivity index (χ0n) is 16.1. The number of thioether (sulfide) groups is 1. The summed E-state index contributed by atoms with van der Waals surface area (Å²) in [5, 5.41) is 17.3. The smallest absolute Gasteiger partial charge is 0.416 e. The average molecular weight is 463 g/mol. The molecule has 0 bridgehead atoms. The molecule has 13 heteroatoms. The number of nitrogens with one attached hydrogen (secondary N) is 2. The van der Waals surface area contributed by atoms with E-state index in [1.165, 1.54) is 37.3 Å². The monoisotopic (exact) mass is 463 g/mol. The van der Waals surface area contributed by atoms with Gasteiger partial charge in [-0.1, -0.05) is 12.1 Å². The molecule has 2 aromatic heterocycles. The minimum Gasteiger partial charge on any atom is -0.457 e. The highest BCUT2D eigenvalue weighted by molar-refractivity contribution is 8.19. The Bertz CT molecular complexity index is 1260. The fourth-order valence-electron chi connectivity index (χ4n) is 2.82. The van der Waals surface area contributed by atoms with Crippen molar-refractivity contribution in [3.63, 3.8) is 0 Å². The molecule has 1 fully saturated rings. The van der Waals surface area contributed by atoms with Gasteiger partial charge in [-0.15, -0.1) is 0 Å². The predicted molar refractivity (Wildman–Crippen MR) is 109 cm³/mol. The number of rotatable bonds is 4. The van der Waals surface area contributed by atoms with Crippen LogP contribution in [0.25, 0.3) is 17.4 Å². The van der Waals surface area contributed by atoms with Gasteiger partial charge in [0.2, 0.25) is 17.5 Å². The number of carbonyl (C=O) groups excluding carboxylic acids is 2. The van der Waals surface area contributed by atoms with Gasteiger partial charge >= 0.3 is 6.18 Å². The Kier molecular flexibility index (Phi) is 5.34. The summed E-state index contributed by atoms with van der Waals surface area (Å²) in [6.07, 6.45) is -3.14. The summed E-state index contributed by atoms with van der Waals surface area (Å²) < 4.78 is 49.0. The van der Waals surface area contributed by atoms with E-state index in [-0.39, 0.29) is 38.8 Å². The zero-order valence-corrected chi connectivity index (χ0v) is 16.9. The second kappa shape index (κ2) is 8.00. The highest BCUT2D eigenvalue weighted by Crippen LogP contribution is 2.38. The lowest BCUT2D eigenvalue weighted by Crippen LogP contribution is -2.29. The predicted octanol–water partition coefficient (Wildman–Crippen LogP) is 4.36. The number of hydrogen-bond acceptors (Lipinski definition) is 8. The van der Waals surface area contributed by atoms with E-state index in [4.69, 9.17) is 9.83 Å². The van der Waals surface area contributed by atoms with Gasteiger partial charge in [0.1, 0.15) is 11.5 Å². The van der Waals surface area contributed by atoms with Crippen LogP contribution in [0.1, 0.15) is 18.2 Å². The van der Waals surface area contributed by atoms with Crippen molar-refractivity contribution < 1.29 is 31.8 Å². The Hall–Kier alpha value is -3.87. The van der Waals surface area contributed by atoms with E-state index in [2.05, 4.69) is 20.3 Å². The minimum atomic E-state index is -4.49. The SMILES string of the molecule is CC(=O)Nc1nonc1N1C(=N)S/C(=C\c2ccc(-c3cccc(C(F)(F)F)c3)o2)C1=O. The molecule has 32 heavy (non-hydrogen) atoms. The first-order chi connectivity index (χ1) is 15.1. The van der Waals surface area contributed by atoms with E-state index in [1.807, 2.05) is 0 Å². The van der Waals surface area contributed by atoms with Crippen LogP contribution in [0.15, 0.2) is 50.3 Å². The highest BCUT2D eigenvalue weighted by atomic mass is 32.2. The Morgan fingerprint density at radius 3 is 2.75 bits per heavy atom. The van der Waals surface area contributed by atoms with Crippen molar-refractivity contribution in [3.8, 4) is 11.3 Å². The molecule has 1 saturated heterocycles. The maximum Gasteiger partial charge on any atom is 0.416 e. The molecule has 0 spiro atoms. The number of alkyl halides is 3. The van der Waals surface area contributed by atoms with Gasteiger partial charge in [-0.2, -0.15) is 13.2 Å². The maximum absolute atomic E-state index is 12.9. The van der Waals surface area contributed by atoms with Crippen molar-refractivity contribution in [2.24, 2.45) is 0 Å². The zero-order chi connectivity index (χ0) is 23.0. The average Bonchev–Trinajstić information content (AvgIpc) is 3.42. The second-order valence-corrected chi connectivity index (χ2v) is 7.49. The summed E-state index contributed by atoms with van der Waals surface area (Å²) in [6.45, 7) is 1.23. The molecular formula is C19H12F3N5O4S. The standard InChI is InChI=1S/C19H12F3N5O4S/c1-9(28)24-15-16(26-31-25-15)27-17(29)14(32-18(27)23)8-12-5-6-13(30-12)10-3-2-4-11(7-10)19(20,21)22/h2-8,23H,1H3,(H,24,25,28)/b14-8-,23-18?. The topological polar surface area (TPSA) is 125 Å². The number of amidine groups is 1. The first-order valence-electron chi connectivity index (χ1n) is 8.83. The van der Waals surface area contributed by atoms with Crippen LogP contribution in [-0.2, 0) is 15.8 Å². The fraction of sp³-hybridized carbons (Fsp3) is 0.105. The summed E-state index contributed by atoms with van der Waals surface area (Å²) in [5.41, 5.74) is -0.592. The number of nitrogens with zero attached hydrogens (tertiary/aromatic N) is 3. The lowest BCUT2D eigenvalue weighted by atomic mass is 10.1. The number of carbonyl (C=O) groups is 2. The number of hydrogen-bond donors (Lipinski definition) is 2. The van der Waals surface area contributed by atoms with Crippen LogP contribution in [0, 0.1) is 5.41 Å². The second-order valence-electron chi connectivity index (χ2n) is 6.45. The van der Waals surface area contributed by atoms with Crippen LogP contribution in [0.4, 0.5) is 24.8 Å². The van der Waals surface area contributed by atoms with E-state index in [9.17, 15) is 22.8 Å². The lowest BCUT2D eigenvalue weighted by Gasteiger charge is -2.10. The number of anilines is 2. The van der Waals surface area contributed by atoms with Gasteiger partial charge in [0.15, 0.2) is 5.17 Å². The molecule has 4 rings (SSSR count). The third-order valence-corrected chi connectivity index (χ3v) is 5.06. The normalized spacial score (nSPS) is 15.6.